The number of hydrogen-bond donors (Lipinski definition) is 0. The quantitative estimate of drug-likeness (QED) is 0.577. The van der Waals surface area contributed by atoms with Crippen LogP contribution in [0.25, 0.3) is 5.57 Å². The molecule has 0 aromatic heterocycles. The summed E-state index contributed by atoms with van der Waals surface area (Å²) < 4.78 is 0. The Labute approximate surface area is 108 Å². The van der Waals surface area contributed by atoms with E-state index in [4.69, 9.17) is 0 Å². The number of benzene rings is 1. The third kappa shape index (κ3) is 3.08. The lowest BCUT2D eigenvalue weighted by Gasteiger charge is -2.22. The number of fused-ring (bicyclic) bond motifs is 1. The van der Waals surface area contributed by atoms with Crippen LogP contribution in [0.3, 0.4) is 0 Å². The minimum absolute atomic E-state index is 0.903. The van der Waals surface area contributed by atoms with Crippen molar-refractivity contribution in [3.05, 3.63) is 41.6 Å². The maximum atomic E-state index is 3.22. The molecule has 0 radical (unpaired) electrons. The van der Waals surface area contributed by atoms with Crippen LogP contribution in [-0.4, -0.2) is 16.9 Å². The fourth-order valence-corrected chi connectivity index (χ4v) is 2.26. The van der Waals surface area contributed by atoms with Gasteiger partial charge in [0, 0.05) is 24.4 Å². The van der Waals surface area contributed by atoms with Gasteiger partial charge in [0.2, 0.25) is 0 Å². The Balaban J connectivity index is 2.10. The first-order chi connectivity index (χ1) is 8.31. The van der Waals surface area contributed by atoms with E-state index in [1.165, 1.54) is 16.7 Å². The van der Waals surface area contributed by atoms with Crippen molar-refractivity contribution in [3.8, 4) is 12.0 Å². The van der Waals surface area contributed by atoms with Gasteiger partial charge >= 0.3 is 0 Å². The highest BCUT2D eigenvalue weighted by molar-refractivity contribution is 7.98. The molecule has 2 heteroatoms. The second-order valence-corrected chi connectivity index (χ2v) is 5.11. The van der Waals surface area contributed by atoms with E-state index in [2.05, 4.69) is 60.5 Å². The molecule has 0 bridgehead atoms. The van der Waals surface area contributed by atoms with Crippen LogP contribution in [0.4, 0.5) is 0 Å². The summed E-state index contributed by atoms with van der Waals surface area (Å²) in [4.78, 5) is 2.10. The van der Waals surface area contributed by atoms with E-state index in [-0.39, 0.29) is 0 Å². The molecular weight excluding hydrogens is 226 g/mol. The van der Waals surface area contributed by atoms with Crippen molar-refractivity contribution in [2.45, 2.75) is 19.9 Å². The molecule has 0 aliphatic carbocycles. The highest BCUT2D eigenvalue weighted by Crippen LogP contribution is 2.25. The number of nitrogens with zero attached hydrogens (tertiary/aromatic N) is 1. The predicted octanol–water partition coefficient (Wildman–Crippen LogP) is 3.58. The summed E-state index contributed by atoms with van der Waals surface area (Å²) in [6.45, 7) is 3.05. The Morgan fingerprint density at radius 2 is 2.18 bits per heavy atom. The van der Waals surface area contributed by atoms with Crippen molar-refractivity contribution in [2.24, 2.45) is 0 Å². The summed E-state index contributed by atoms with van der Waals surface area (Å²) >= 11 is 1.84. The lowest BCUT2D eigenvalue weighted by atomic mass is 9.98. The zero-order chi connectivity index (χ0) is 12.1. The van der Waals surface area contributed by atoms with Crippen LogP contribution >= 0.6 is 11.8 Å². The van der Waals surface area contributed by atoms with Crippen LogP contribution in [0.2, 0.25) is 0 Å². The summed E-state index contributed by atoms with van der Waals surface area (Å²) in [6.07, 6.45) is 5.23. The molecule has 17 heavy (non-hydrogen) atoms. The molecule has 0 fully saturated rings. The topological polar surface area (TPSA) is 3.24 Å². The van der Waals surface area contributed by atoms with Gasteiger partial charge in [-0.3, -0.25) is 0 Å². The fourth-order valence-electron chi connectivity index (χ4n) is 1.96. The van der Waals surface area contributed by atoms with E-state index in [1.807, 2.05) is 11.8 Å². The van der Waals surface area contributed by atoms with E-state index < -0.39 is 0 Å². The molecule has 2 rings (SSSR count). The van der Waals surface area contributed by atoms with Crippen molar-refractivity contribution < 1.29 is 0 Å². The predicted molar refractivity (Wildman–Crippen MR) is 76.4 cm³/mol. The van der Waals surface area contributed by atoms with Gasteiger partial charge in [-0.25, -0.2) is 0 Å². The summed E-state index contributed by atoms with van der Waals surface area (Å²) in [5.74, 6) is 4.33. The summed E-state index contributed by atoms with van der Waals surface area (Å²) in [5, 5.41) is 0. The van der Waals surface area contributed by atoms with Crippen molar-refractivity contribution in [1.82, 2.24) is 4.90 Å². The molecule has 0 saturated carbocycles. The molecular formula is C15H17NS. The third-order valence-corrected chi connectivity index (χ3v) is 3.40. The molecule has 1 heterocycles. The van der Waals surface area contributed by atoms with Crippen LogP contribution < -0.4 is 0 Å². The zero-order valence-corrected chi connectivity index (χ0v) is 11.2. The van der Waals surface area contributed by atoms with Gasteiger partial charge in [-0.15, -0.1) is 0 Å². The minimum atomic E-state index is 0.903. The average Bonchev–Trinajstić information content (AvgIpc) is 2.35. The standard InChI is InChI=1S/C15H17NS/c1-13-11-16(9-5-6-10-17-2)12-14-7-3-4-8-15(13)14/h3-4,7-8,11H,6,10,12H2,1-2H3. The third-order valence-electron chi connectivity index (χ3n) is 2.79. The maximum Gasteiger partial charge on any atom is 0.0565 e. The van der Waals surface area contributed by atoms with Gasteiger partial charge < -0.3 is 4.90 Å². The molecule has 1 aromatic carbocycles. The second-order valence-electron chi connectivity index (χ2n) is 4.13. The molecule has 0 saturated heterocycles. The van der Waals surface area contributed by atoms with E-state index in [0.29, 0.717) is 0 Å². The van der Waals surface area contributed by atoms with E-state index >= 15 is 0 Å². The molecule has 1 aliphatic heterocycles. The van der Waals surface area contributed by atoms with Gasteiger partial charge in [0.1, 0.15) is 0 Å². The zero-order valence-electron chi connectivity index (χ0n) is 10.4. The molecule has 88 valence electrons. The van der Waals surface area contributed by atoms with Gasteiger partial charge in [-0.2, -0.15) is 11.8 Å². The lowest BCUT2D eigenvalue weighted by Crippen LogP contribution is -2.16. The Morgan fingerprint density at radius 1 is 1.35 bits per heavy atom. The largest absolute Gasteiger partial charge is 0.304 e. The van der Waals surface area contributed by atoms with E-state index in [1.54, 1.807) is 0 Å². The molecule has 0 unspecified atom stereocenters. The number of allylic oxidation sites excluding steroid dienone is 1. The van der Waals surface area contributed by atoms with Crippen molar-refractivity contribution in [2.75, 3.05) is 12.0 Å². The van der Waals surface area contributed by atoms with Crippen molar-refractivity contribution >= 4 is 17.3 Å². The van der Waals surface area contributed by atoms with Crippen molar-refractivity contribution in [1.29, 1.82) is 0 Å². The van der Waals surface area contributed by atoms with Crippen LogP contribution in [0.5, 0.6) is 0 Å². The number of rotatable bonds is 2. The van der Waals surface area contributed by atoms with Crippen LogP contribution in [0, 0.1) is 12.0 Å². The summed E-state index contributed by atoms with van der Waals surface area (Å²) in [6, 6.07) is 11.8. The van der Waals surface area contributed by atoms with Crippen LogP contribution in [0.15, 0.2) is 30.5 Å². The van der Waals surface area contributed by atoms with Crippen LogP contribution in [0.1, 0.15) is 24.5 Å². The van der Waals surface area contributed by atoms with E-state index in [0.717, 1.165) is 18.7 Å². The van der Waals surface area contributed by atoms with Gasteiger partial charge in [-0.05, 0) is 29.9 Å². The molecule has 0 atom stereocenters. The molecule has 1 aliphatic rings. The Bertz CT molecular complexity index is 479. The highest BCUT2D eigenvalue weighted by Gasteiger charge is 2.12. The average molecular weight is 243 g/mol. The number of thioether (sulfide) groups is 1. The first-order valence-corrected chi connectivity index (χ1v) is 7.21. The van der Waals surface area contributed by atoms with Gasteiger partial charge in [0.15, 0.2) is 0 Å². The maximum absolute atomic E-state index is 3.22. The summed E-state index contributed by atoms with van der Waals surface area (Å²) in [7, 11) is 0. The number of hydrogen-bond acceptors (Lipinski definition) is 2. The Kier molecular flexibility index (Phi) is 4.17. The first kappa shape index (κ1) is 12.1. The van der Waals surface area contributed by atoms with Gasteiger partial charge in [0.05, 0.1) is 6.54 Å². The van der Waals surface area contributed by atoms with E-state index in [9.17, 15) is 0 Å². The van der Waals surface area contributed by atoms with Gasteiger partial charge in [0.25, 0.3) is 0 Å². The van der Waals surface area contributed by atoms with Crippen LogP contribution in [-0.2, 0) is 6.54 Å². The SMILES string of the molecule is CSCCC#CN1C=C(C)c2ccccc2C1. The Hall–Kier alpha value is -1.33. The monoisotopic (exact) mass is 243 g/mol. The molecule has 1 aromatic rings. The lowest BCUT2D eigenvalue weighted by molar-refractivity contribution is 0.522. The molecule has 0 N–H and O–H groups in total. The van der Waals surface area contributed by atoms with Gasteiger partial charge in [-0.1, -0.05) is 30.2 Å². The molecule has 0 spiro atoms. The smallest absolute Gasteiger partial charge is 0.0565 e. The molecule has 0 amide bonds. The molecule has 1 nitrogen and oxygen atoms in total. The second kappa shape index (κ2) is 5.84. The fraction of sp³-hybridized carbons (Fsp3) is 0.333. The highest BCUT2D eigenvalue weighted by atomic mass is 32.2. The normalized spacial score (nSPS) is 13.5. The Morgan fingerprint density at radius 3 is 3.00 bits per heavy atom. The first-order valence-electron chi connectivity index (χ1n) is 5.82. The van der Waals surface area contributed by atoms with Crippen molar-refractivity contribution in [3.63, 3.8) is 0 Å². The minimum Gasteiger partial charge on any atom is -0.304 e. The summed E-state index contributed by atoms with van der Waals surface area (Å²) in [5.41, 5.74) is 4.02.